The van der Waals surface area contributed by atoms with E-state index in [9.17, 15) is 4.79 Å². The van der Waals surface area contributed by atoms with Crippen molar-refractivity contribution in [1.82, 2.24) is 15.3 Å². The first kappa shape index (κ1) is 17.8. The number of carbonyl (C=O) groups is 1. The van der Waals surface area contributed by atoms with E-state index in [1.807, 2.05) is 5.38 Å². The summed E-state index contributed by atoms with van der Waals surface area (Å²) in [4.78, 5) is 21.4. The molecule has 2 saturated heterocycles. The zero-order chi connectivity index (χ0) is 18.2. The van der Waals surface area contributed by atoms with Gasteiger partial charge < -0.3 is 19.5 Å². The molecule has 7 nitrogen and oxygen atoms in total. The molecular weight excluding hydrogens is 422 g/mol. The van der Waals surface area contributed by atoms with Gasteiger partial charge in [-0.25, -0.2) is 9.97 Å². The summed E-state index contributed by atoms with van der Waals surface area (Å²) >= 11 is 4.92. The molecule has 0 aliphatic carbocycles. The summed E-state index contributed by atoms with van der Waals surface area (Å²) in [7, 11) is 0. The summed E-state index contributed by atoms with van der Waals surface area (Å²) in [6, 6.07) is 3.43. The van der Waals surface area contributed by atoms with Crippen LogP contribution in [0.2, 0.25) is 0 Å². The zero-order valence-electron chi connectivity index (χ0n) is 14.2. The van der Waals surface area contributed by atoms with Crippen molar-refractivity contribution in [3.05, 3.63) is 38.9 Å². The summed E-state index contributed by atoms with van der Waals surface area (Å²) in [5.74, 6) is 0.123. The minimum Gasteiger partial charge on any atom is -0.476 e. The Morgan fingerprint density at radius 2 is 2.12 bits per heavy atom. The quantitative estimate of drug-likeness (QED) is 0.743. The van der Waals surface area contributed by atoms with Crippen LogP contribution in [-0.2, 0) is 15.0 Å². The SMILES string of the molecule is CC1(COc2nc(C(=O)NC3(c4nccs4)COC3)ccc2Br)COC1. The van der Waals surface area contributed by atoms with Crippen LogP contribution in [0.5, 0.6) is 5.88 Å². The number of aromatic nitrogens is 2. The fourth-order valence-electron chi connectivity index (χ4n) is 2.72. The Labute approximate surface area is 163 Å². The first-order chi connectivity index (χ1) is 12.5. The summed E-state index contributed by atoms with van der Waals surface area (Å²) in [6.07, 6.45) is 1.72. The van der Waals surface area contributed by atoms with E-state index in [1.54, 1.807) is 18.3 Å². The number of amides is 1. The van der Waals surface area contributed by atoms with Crippen molar-refractivity contribution in [3.8, 4) is 5.88 Å². The molecule has 2 aromatic heterocycles. The Hall–Kier alpha value is -1.55. The molecule has 0 spiro atoms. The highest BCUT2D eigenvalue weighted by Crippen LogP contribution is 2.32. The Kier molecular flexibility index (Phi) is 4.72. The number of hydrogen-bond donors (Lipinski definition) is 1. The van der Waals surface area contributed by atoms with E-state index in [4.69, 9.17) is 14.2 Å². The number of thiazole rings is 1. The lowest BCUT2D eigenvalue weighted by atomic mass is 9.90. The van der Waals surface area contributed by atoms with Gasteiger partial charge in [0.25, 0.3) is 5.91 Å². The molecule has 0 unspecified atom stereocenters. The van der Waals surface area contributed by atoms with Crippen LogP contribution < -0.4 is 10.1 Å². The summed E-state index contributed by atoms with van der Waals surface area (Å²) in [5.41, 5.74) is -0.281. The number of halogens is 1. The Morgan fingerprint density at radius 3 is 2.69 bits per heavy atom. The topological polar surface area (TPSA) is 82.6 Å². The van der Waals surface area contributed by atoms with Gasteiger partial charge in [-0.15, -0.1) is 11.3 Å². The van der Waals surface area contributed by atoms with Crippen LogP contribution in [0.3, 0.4) is 0 Å². The molecule has 0 saturated carbocycles. The Balaban J connectivity index is 1.48. The predicted octanol–water partition coefficient (Wildman–Crippen LogP) is 2.37. The van der Waals surface area contributed by atoms with Gasteiger partial charge in [-0.3, -0.25) is 4.79 Å². The Bertz CT molecular complexity index is 806. The third kappa shape index (κ3) is 3.36. The molecule has 0 atom stereocenters. The highest BCUT2D eigenvalue weighted by molar-refractivity contribution is 9.10. The van der Waals surface area contributed by atoms with Crippen molar-refractivity contribution in [1.29, 1.82) is 0 Å². The number of rotatable bonds is 6. The van der Waals surface area contributed by atoms with Crippen molar-refractivity contribution in [3.63, 3.8) is 0 Å². The minimum absolute atomic E-state index is 0.00243. The lowest BCUT2D eigenvalue weighted by Gasteiger charge is -2.40. The lowest BCUT2D eigenvalue weighted by Crippen LogP contribution is -2.59. The first-order valence-electron chi connectivity index (χ1n) is 8.17. The van der Waals surface area contributed by atoms with E-state index in [0.29, 0.717) is 49.1 Å². The van der Waals surface area contributed by atoms with Gasteiger partial charge in [0.1, 0.15) is 16.2 Å². The molecule has 138 valence electrons. The van der Waals surface area contributed by atoms with E-state index in [-0.39, 0.29) is 11.3 Å². The fraction of sp³-hybridized carbons (Fsp3) is 0.471. The number of pyridine rings is 1. The molecule has 4 heterocycles. The van der Waals surface area contributed by atoms with Gasteiger partial charge in [0.15, 0.2) is 0 Å². The number of ether oxygens (including phenoxy) is 3. The second-order valence-corrected chi connectivity index (χ2v) is 8.69. The van der Waals surface area contributed by atoms with Crippen LogP contribution in [0.15, 0.2) is 28.2 Å². The molecule has 2 aliphatic rings. The average Bonchev–Trinajstić information content (AvgIpc) is 3.10. The lowest BCUT2D eigenvalue weighted by molar-refractivity contribution is -0.120. The molecular formula is C17H18BrN3O4S. The molecule has 0 bridgehead atoms. The van der Waals surface area contributed by atoms with Crippen molar-refractivity contribution in [2.24, 2.45) is 5.41 Å². The van der Waals surface area contributed by atoms with Gasteiger partial charge in [-0.05, 0) is 28.1 Å². The fourth-order valence-corrected chi connectivity index (χ4v) is 3.83. The normalized spacial score (nSPS) is 19.9. The van der Waals surface area contributed by atoms with E-state index in [2.05, 4.69) is 38.1 Å². The Morgan fingerprint density at radius 1 is 1.35 bits per heavy atom. The van der Waals surface area contributed by atoms with Crippen molar-refractivity contribution >= 4 is 33.2 Å². The van der Waals surface area contributed by atoms with Crippen LogP contribution in [0.1, 0.15) is 22.4 Å². The van der Waals surface area contributed by atoms with Gasteiger partial charge in [0.2, 0.25) is 5.88 Å². The van der Waals surface area contributed by atoms with E-state index in [0.717, 1.165) is 5.01 Å². The predicted molar refractivity (Wildman–Crippen MR) is 98.4 cm³/mol. The molecule has 2 aromatic rings. The molecule has 2 aliphatic heterocycles. The van der Waals surface area contributed by atoms with Gasteiger partial charge in [0, 0.05) is 17.0 Å². The molecule has 1 N–H and O–H groups in total. The van der Waals surface area contributed by atoms with Gasteiger partial charge in [-0.2, -0.15) is 0 Å². The monoisotopic (exact) mass is 439 g/mol. The van der Waals surface area contributed by atoms with E-state index < -0.39 is 5.54 Å². The first-order valence-corrected chi connectivity index (χ1v) is 9.84. The maximum Gasteiger partial charge on any atom is 0.270 e. The highest BCUT2D eigenvalue weighted by atomic mass is 79.9. The van der Waals surface area contributed by atoms with Crippen molar-refractivity contribution < 1.29 is 19.0 Å². The number of nitrogens with one attached hydrogen (secondary N) is 1. The number of hydrogen-bond acceptors (Lipinski definition) is 7. The summed E-state index contributed by atoms with van der Waals surface area (Å²) in [6.45, 7) is 4.73. The average molecular weight is 440 g/mol. The number of carbonyl (C=O) groups excluding carboxylic acids is 1. The molecule has 1 amide bonds. The molecule has 26 heavy (non-hydrogen) atoms. The van der Waals surface area contributed by atoms with Crippen LogP contribution in [0, 0.1) is 5.41 Å². The van der Waals surface area contributed by atoms with Gasteiger partial charge >= 0.3 is 0 Å². The van der Waals surface area contributed by atoms with Gasteiger partial charge in [0.05, 0.1) is 37.5 Å². The van der Waals surface area contributed by atoms with Crippen LogP contribution in [0.25, 0.3) is 0 Å². The smallest absolute Gasteiger partial charge is 0.270 e. The van der Waals surface area contributed by atoms with Crippen LogP contribution >= 0.6 is 27.3 Å². The van der Waals surface area contributed by atoms with Crippen molar-refractivity contribution in [2.75, 3.05) is 33.0 Å². The maximum atomic E-state index is 12.7. The molecule has 9 heteroatoms. The molecule has 0 aromatic carbocycles. The maximum absolute atomic E-state index is 12.7. The second kappa shape index (κ2) is 6.88. The number of nitrogens with zero attached hydrogens (tertiary/aromatic N) is 2. The van der Waals surface area contributed by atoms with Crippen molar-refractivity contribution in [2.45, 2.75) is 12.5 Å². The van der Waals surface area contributed by atoms with Crippen LogP contribution in [-0.4, -0.2) is 48.9 Å². The second-order valence-electron chi connectivity index (χ2n) is 6.94. The molecule has 0 radical (unpaired) electrons. The summed E-state index contributed by atoms with van der Waals surface area (Å²) < 4.78 is 17.1. The highest BCUT2D eigenvalue weighted by Gasteiger charge is 2.44. The largest absolute Gasteiger partial charge is 0.476 e. The van der Waals surface area contributed by atoms with E-state index in [1.165, 1.54) is 11.3 Å². The summed E-state index contributed by atoms with van der Waals surface area (Å²) in [5, 5.41) is 5.74. The van der Waals surface area contributed by atoms with Gasteiger partial charge in [-0.1, -0.05) is 6.92 Å². The van der Waals surface area contributed by atoms with Crippen LogP contribution in [0.4, 0.5) is 0 Å². The molecule has 4 rings (SSSR count). The zero-order valence-corrected chi connectivity index (χ0v) is 16.6. The third-order valence-electron chi connectivity index (χ3n) is 4.40. The minimum atomic E-state index is -0.572. The third-order valence-corrected chi connectivity index (χ3v) is 5.98. The standard InChI is InChI=1S/C17H18BrN3O4S/c1-16(6-23-7-16)8-25-14-11(18)2-3-12(20-14)13(22)21-17(9-24-10-17)15-19-4-5-26-15/h2-5H,6-10H2,1H3,(H,21,22). The van der Waals surface area contributed by atoms with E-state index >= 15 is 0 Å². The molecule has 2 fully saturated rings.